The molecule has 7 nitrogen and oxygen atoms in total. The molecule has 1 amide bonds. The standard InChI is InChI=1S/C26H24F3N3O4S/c27-26(28,29)36-18-3-1-2-16(6-18)9-32(25(33)22-13-37-14-30-22)12-21-19-10-31(11-20(19)21)8-17-4-5-23-24(7-17)35-15-34-23/h1-7,13-14,19-21H,8-12,15H2. The predicted octanol–water partition coefficient (Wildman–Crippen LogP) is 4.79. The average Bonchev–Trinajstić information content (AvgIpc) is 3.38. The van der Waals surface area contributed by atoms with Crippen LogP contribution < -0.4 is 14.2 Å². The third-order valence-corrected chi connectivity index (χ3v) is 7.75. The lowest BCUT2D eigenvalue weighted by molar-refractivity contribution is -0.274. The summed E-state index contributed by atoms with van der Waals surface area (Å²) in [6, 6.07) is 11.8. The number of alkyl halides is 3. The second-order valence-corrected chi connectivity index (χ2v) is 10.3. The van der Waals surface area contributed by atoms with E-state index in [0.717, 1.165) is 31.1 Å². The number of nitrogens with zero attached hydrogens (tertiary/aromatic N) is 3. The third-order valence-electron chi connectivity index (χ3n) is 7.17. The Bertz CT molecular complexity index is 1270. The van der Waals surface area contributed by atoms with Crippen molar-refractivity contribution in [2.45, 2.75) is 19.5 Å². The summed E-state index contributed by atoms with van der Waals surface area (Å²) in [6.45, 7) is 3.68. The Labute approximate surface area is 215 Å². The first-order valence-electron chi connectivity index (χ1n) is 12.0. The summed E-state index contributed by atoms with van der Waals surface area (Å²) in [5, 5.41) is 1.69. The number of benzene rings is 2. The highest BCUT2D eigenvalue weighted by molar-refractivity contribution is 7.07. The molecule has 6 rings (SSSR count). The normalized spacial score (nSPS) is 22.1. The predicted molar refractivity (Wildman–Crippen MR) is 128 cm³/mol. The van der Waals surface area contributed by atoms with Crippen molar-refractivity contribution in [2.75, 3.05) is 26.4 Å². The highest BCUT2D eigenvalue weighted by Gasteiger charge is 2.56. The second kappa shape index (κ2) is 9.53. The molecular formula is C26H24F3N3O4S. The number of likely N-dealkylation sites (tertiary alicyclic amines) is 1. The molecule has 1 aliphatic carbocycles. The number of halogens is 3. The number of carbonyl (C=O) groups is 1. The quantitative estimate of drug-likeness (QED) is 0.417. The van der Waals surface area contributed by atoms with Crippen LogP contribution in [0.1, 0.15) is 21.6 Å². The summed E-state index contributed by atoms with van der Waals surface area (Å²) in [4.78, 5) is 21.5. The molecule has 0 radical (unpaired) electrons. The molecule has 194 valence electrons. The van der Waals surface area contributed by atoms with Gasteiger partial charge in [0.1, 0.15) is 11.4 Å². The number of hydrogen-bond acceptors (Lipinski definition) is 7. The molecule has 1 saturated heterocycles. The summed E-state index contributed by atoms with van der Waals surface area (Å²) >= 11 is 1.33. The number of hydrogen-bond donors (Lipinski definition) is 0. The first-order chi connectivity index (χ1) is 17.8. The van der Waals surface area contributed by atoms with Crippen molar-refractivity contribution in [3.8, 4) is 17.2 Å². The van der Waals surface area contributed by atoms with E-state index in [4.69, 9.17) is 9.47 Å². The molecule has 2 unspecified atom stereocenters. The molecule has 11 heteroatoms. The maximum absolute atomic E-state index is 13.2. The van der Waals surface area contributed by atoms with Gasteiger partial charge in [0.15, 0.2) is 11.5 Å². The van der Waals surface area contributed by atoms with Crippen molar-refractivity contribution in [1.29, 1.82) is 0 Å². The van der Waals surface area contributed by atoms with E-state index in [1.54, 1.807) is 21.9 Å². The van der Waals surface area contributed by atoms with Crippen molar-refractivity contribution in [3.63, 3.8) is 0 Å². The van der Waals surface area contributed by atoms with Gasteiger partial charge in [0, 0.05) is 38.1 Å². The molecule has 0 N–H and O–H groups in total. The first kappa shape index (κ1) is 24.1. The fraction of sp³-hybridized carbons (Fsp3) is 0.385. The minimum Gasteiger partial charge on any atom is -0.454 e. The zero-order valence-electron chi connectivity index (χ0n) is 19.7. The van der Waals surface area contributed by atoms with Gasteiger partial charge in [-0.15, -0.1) is 24.5 Å². The summed E-state index contributed by atoms with van der Waals surface area (Å²) in [6.07, 6.45) is -4.77. The molecule has 3 aliphatic rings. The van der Waals surface area contributed by atoms with Crippen molar-refractivity contribution >= 4 is 17.2 Å². The summed E-state index contributed by atoms with van der Waals surface area (Å²) in [5.41, 5.74) is 3.69. The van der Waals surface area contributed by atoms with Crippen LogP contribution in [-0.2, 0) is 13.1 Å². The van der Waals surface area contributed by atoms with E-state index in [2.05, 4.69) is 20.7 Å². The SMILES string of the molecule is O=C(c1cscn1)N(Cc1cccc(OC(F)(F)F)c1)CC1C2CN(Cc3ccc4c(c3)OCO4)CC21. The Morgan fingerprint density at radius 2 is 1.92 bits per heavy atom. The molecule has 37 heavy (non-hydrogen) atoms. The molecule has 3 heterocycles. The van der Waals surface area contributed by atoms with Crippen molar-refractivity contribution in [1.82, 2.24) is 14.8 Å². The maximum atomic E-state index is 13.2. The third kappa shape index (κ3) is 5.37. The summed E-state index contributed by atoms with van der Waals surface area (Å²) in [7, 11) is 0. The number of piperidine rings is 1. The Balaban J connectivity index is 1.10. The van der Waals surface area contributed by atoms with Crippen LogP contribution in [-0.4, -0.2) is 53.5 Å². The lowest BCUT2D eigenvalue weighted by Crippen LogP contribution is -2.35. The monoisotopic (exact) mass is 531 g/mol. The van der Waals surface area contributed by atoms with Crippen molar-refractivity contribution in [2.24, 2.45) is 17.8 Å². The number of aromatic nitrogens is 1. The number of thiazole rings is 1. The number of ether oxygens (including phenoxy) is 3. The van der Waals surface area contributed by atoms with E-state index in [0.29, 0.717) is 35.6 Å². The molecule has 0 bridgehead atoms. The van der Waals surface area contributed by atoms with Crippen molar-refractivity contribution < 1.29 is 32.2 Å². The number of rotatable bonds is 8. The Morgan fingerprint density at radius 3 is 2.68 bits per heavy atom. The van der Waals surface area contributed by atoms with Crippen LogP contribution >= 0.6 is 11.3 Å². The van der Waals surface area contributed by atoms with E-state index in [9.17, 15) is 18.0 Å². The fourth-order valence-corrected chi connectivity index (χ4v) is 5.98. The van der Waals surface area contributed by atoms with Crippen LogP contribution in [0.4, 0.5) is 13.2 Å². The fourth-order valence-electron chi connectivity index (χ4n) is 5.45. The summed E-state index contributed by atoms with van der Waals surface area (Å²) < 4.78 is 53.0. The van der Waals surface area contributed by atoms with Gasteiger partial charge >= 0.3 is 6.36 Å². The minimum atomic E-state index is -4.77. The molecule has 2 aromatic carbocycles. The van der Waals surface area contributed by atoms with Crippen molar-refractivity contribution in [3.05, 3.63) is 70.2 Å². The zero-order valence-corrected chi connectivity index (χ0v) is 20.5. The van der Waals surface area contributed by atoms with E-state index in [1.165, 1.54) is 35.1 Å². The van der Waals surface area contributed by atoms with Gasteiger partial charge in [0.25, 0.3) is 5.91 Å². The van der Waals surface area contributed by atoms with E-state index in [-0.39, 0.29) is 25.0 Å². The molecule has 2 atom stereocenters. The topological polar surface area (TPSA) is 64.1 Å². The van der Waals surface area contributed by atoms with Gasteiger partial charge in [-0.3, -0.25) is 9.69 Å². The van der Waals surface area contributed by atoms with Gasteiger partial charge in [-0.25, -0.2) is 4.98 Å². The van der Waals surface area contributed by atoms with Gasteiger partial charge in [-0.2, -0.15) is 0 Å². The lowest BCUT2D eigenvalue weighted by Gasteiger charge is -2.25. The van der Waals surface area contributed by atoms with Gasteiger partial charge in [0.05, 0.1) is 5.51 Å². The highest BCUT2D eigenvalue weighted by Crippen LogP contribution is 2.52. The molecule has 1 saturated carbocycles. The largest absolute Gasteiger partial charge is 0.573 e. The molecule has 1 aromatic heterocycles. The van der Waals surface area contributed by atoms with Gasteiger partial charge in [-0.1, -0.05) is 18.2 Å². The van der Waals surface area contributed by atoms with Crippen LogP contribution in [0.2, 0.25) is 0 Å². The molecule has 3 aromatic rings. The van der Waals surface area contributed by atoms with Gasteiger partial charge in [-0.05, 0) is 53.1 Å². The number of carbonyl (C=O) groups excluding carboxylic acids is 1. The molecule has 2 aliphatic heterocycles. The van der Waals surface area contributed by atoms with Crippen LogP contribution in [0.15, 0.2) is 53.4 Å². The van der Waals surface area contributed by atoms with Crippen LogP contribution in [0.25, 0.3) is 0 Å². The first-order valence-corrected chi connectivity index (χ1v) is 12.9. The second-order valence-electron chi connectivity index (χ2n) is 9.63. The van der Waals surface area contributed by atoms with Crippen LogP contribution in [0, 0.1) is 17.8 Å². The van der Waals surface area contributed by atoms with Gasteiger partial charge in [0.2, 0.25) is 6.79 Å². The summed E-state index contributed by atoms with van der Waals surface area (Å²) in [5.74, 6) is 2.36. The highest BCUT2D eigenvalue weighted by atomic mass is 32.1. The van der Waals surface area contributed by atoms with E-state index < -0.39 is 6.36 Å². The Hall–Kier alpha value is -3.31. The lowest BCUT2D eigenvalue weighted by atomic mass is 10.1. The van der Waals surface area contributed by atoms with E-state index in [1.807, 2.05) is 12.1 Å². The maximum Gasteiger partial charge on any atom is 0.573 e. The van der Waals surface area contributed by atoms with Gasteiger partial charge < -0.3 is 19.1 Å². The molecule has 0 spiro atoms. The Kier molecular flexibility index (Phi) is 6.20. The molecular weight excluding hydrogens is 507 g/mol. The smallest absolute Gasteiger partial charge is 0.454 e. The number of fused-ring (bicyclic) bond motifs is 2. The number of amides is 1. The zero-order chi connectivity index (χ0) is 25.6. The van der Waals surface area contributed by atoms with Crippen LogP contribution in [0.5, 0.6) is 17.2 Å². The molecule has 2 fully saturated rings. The van der Waals surface area contributed by atoms with E-state index >= 15 is 0 Å². The minimum absolute atomic E-state index is 0.183. The average molecular weight is 532 g/mol. The Morgan fingerprint density at radius 1 is 1.11 bits per heavy atom. The van der Waals surface area contributed by atoms with Crippen LogP contribution in [0.3, 0.4) is 0 Å².